The summed E-state index contributed by atoms with van der Waals surface area (Å²) in [4.78, 5) is 33.9. The predicted molar refractivity (Wildman–Crippen MR) is 89.5 cm³/mol. The molecule has 0 aliphatic carbocycles. The van der Waals surface area contributed by atoms with Crippen LogP contribution in [0.5, 0.6) is 0 Å². The van der Waals surface area contributed by atoms with Gasteiger partial charge in [-0.25, -0.2) is 0 Å². The summed E-state index contributed by atoms with van der Waals surface area (Å²) >= 11 is 0. The Morgan fingerprint density at radius 2 is 1.38 bits per heavy atom. The molecule has 0 heterocycles. The van der Waals surface area contributed by atoms with Gasteiger partial charge in [0.25, 0.3) is 0 Å². The van der Waals surface area contributed by atoms with E-state index in [9.17, 15) is 4.79 Å². The molecule has 0 saturated carbocycles. The minimum Gasteiger partial charge on any atom is -0.480 e. The van der Waals surface area contributed by atoms with Crippen molar-refractivity contribution in [3.05, 3.63) is 0 Å². The van der Waals surface area contributed by atoms with Crippen molar-refractivity contribution >= 4 is 24.0 Å². The third-order valence-electron chi connectivity index (χ3n) is 2.19. The molecule has 0 rings (SSSR count). The summed E-state index contributed by atoms with van der Waals surface area (Å²) in [7, 11) is 0. The van der Waals surface area contributed by atoms with Crippen molar-refractivity contribution in [1.82, 2.24) is 0 Å². The van der Waals surface area contributed by atoms with Gasteiger partial charge in [-0.3, -0.25) is 14.8 Å². The van der Waals surface area contributed by atoms with Gasteiger partial charge in [-0.1, -0.05) is 0 Å². The third-order valence-corrected chi connectivity index (χ3v) is 2.19. The summed E-state index contributed by atoms with van der Waals surface area (Å²) in [5.41, 5.74) is 30.7. The second kappa shape index (κ2) is 20.3. The largest absolute Gasteiger partial charge is 0.480 e. The van der Waals surface area contributed by atoms with Gasteiger partial charge in [-0.05, 0) is 32.2 Å². The zero-order chi connectivity index (χ0) is 19.4. The van der Waals surface area contributed by atoms with E-state index in [0.717, 1.165) is 12.8 Å². The van der Waals surface area contributed by atoms with Gasteiger partial charge in [-0.15, -0.1) is 0 Å². The quantitative estimate of drug-likeness (QED) is 0.125. The molecule has 12 nitrogen and oxygen atoms in total. The third kappa shape index (κ3) is 31.6. The number of nitrogens with zero attached hydrogens (tertiary/aromatic N) is 2. The zero-order valence-electron chi connectivity index (χ0n) is 13.6. The molecule has 0 aromatic carbocycles. The van der Waals surface area contributed by atoms with E-state index >= 15 is 0 Å². The van der Waals surface area contributed by atoms with Crippen molar-refractivity contribution in [2.24, 2.45) is 44.4 Å². The van der Waals surface area contributed by atoms with Crippen LogP contribution in [-0.4, -0.2) is 54.8 Å². The van der Waals surface area contributed by atoms with Gasteiger partial charge in [-0.2, -0.15) is 9.59 Å². The predicted octanol–water partition coefficient (Wildman–Crippen LogP) is -3.13. The van der Waals surface area contributed by atoms with Crippen molar-refractivity contribution in [3.63, 3.8) is 0 Å². The molecule has 0 fully saturated rings. The maximum atomic E-state index is 10.2. The lowest BCUT2D eigenvalue weighted by Gasteiger charge is -2.03. The Bertz CT molecular complexity index is 400. The lowest BCUT2D eigenvalue weighted by atomic mass is 10.2. The number of guanidine groups is 2. The number of hydrogen-bond acceptors (Lipinski definition) is 7. The van der Waals surface area contributed by atoms with Crippen LogP contribution in [0.2, 0.25) is 0 Å². The maximum Gasteiger partial charge on any atom is 0.373 e. The number of unbranched alkanes of at least 4 members (excludes halogenated alkanes) is 1. The molecule has 24 heavy (non-hydrogen) atoms. The summed E-state index contributed by atoms with van der Waals surface area (Å²) in [5, 5.41) is 8.38. The molecule has 13 N–H and O–H groups in total. The molecule has 0 aliphatic rings. The van der Waals surface area contributed by atoms with Gasteiger partial charge in [0.2, 0.25) is 0 Å². The van der Waals surface area contributed by atoms with Crippen molar-refractivity contribution in [2.45, 2.75) is 31.7 Å². The number of carbonyl (C=O) groups excluding carboxylic acids is 2. The Balaban J connectivity index is -0.000000324. The second-order valence-corrected chi connectivity index (χ2v) is 4.28. The summed E-state index contributed by atoms with van der Waals surface area (Å²) in [6.07, 6.45) is 3.16. The lowest BCUT2D eigenvalue weighted by molar-refractivity contribution is -0.191. The first-order chi connectivity index (χ1) is 11.2. The van der Waals surface area contributed by atoms with Crippen molar-refractivity contribution < 1.29 is 19.5 Å². The number of aliphatic carboxylic acids is 1. The van der Waals surface area contributed by atoms with Gasteiger partial charge in [0.05, 0.1) is 0 Å². The molecule has 0 spiro atoms. The van der Waals surface area contributed by atoms with E-state index in [0.29, 0.717) is 32.5 Å². The van der Waals surface area contributed by atoms with Crippen LogP contribution in [0, 0.1) is 0 Å². The average molecular weight is 348 g/mol. The first-order valence-corrected chi connectivity index (χ1v) is 7.01. The Morgan fingerprint density at radius 3 is 1.71 bits per heavy atom. The standard InChI is InChI=1S/C6H14N4O2.C5H14N4.CO2/c7-4(5(11)12)2-1-3-10-6(8)9;6-3-1-2-4-9-5(7)8;2-1-3/h4H,1-3,7H2,(H,11,12)(H4,8,9,10);1-4,6H2,(H4,7,8,9);/t4-;;/m0../s1. The summed E-state index contributed by atoms with van der Waals surface area (Å²) in [5.74, 6) is -0.828. The number of carbonyl (C=O) groups is 1. The molecule has 0 aromatic heterocycles. The Morgan fingerprint density at radius 1 is 0.958 bits per heavy atom. The molecule has 12 heteroatoms. The minimum absolute atomic E-state index is 0.0129. The Hall–Kier alpha value is -2.69. The summed E-state index contributed by atoms with van der Waals surface area (Å²) < 4.78 is 0. The Kier molecular flexibility index (Phi) is 22.2. The highest BCUT2D eigenvalue weighted by Gasteiger charge is 2.09. The molecular formula is C12H28N8O4. The minimum atomic E-state index is -1.00. The molecule has 0 saturated heterocycles. The number of nitrogens with two attached hydrogens (primary N) is 6. The van der Waals surface area contributed by atoms with Crippen LogP contribution >= 0.6 is 0 Å². The number of rotatable bonds is 9. The van der Waals surface area contributed by atoms with Crippen molar-refractivity contribution in [3.8, 4) is 0 Å². The molecule has 140 valence electrons. The van der Waals surface area contributed by atoms with Gasteiger partial charge in [0.1, 0.15) is 6.04 Å². The molecule has 0 bridgehead atoms. The van der Waals surface area contributed by atoms with Gasteiger partial charge < -0.3 is 39.5 Å². The second-order valence-electron chi connectivity index (χ2n) is 4.28. The summed E-state index contributed by atoms with van der Waals surface area (Å²) in [6, 6.07) is -0.820. The van der Waals surface area contributed by atoms with E-state index in [1.807, 2.05) is 0 Å². The van der Waals surface area contributed by atoms with Gasteiger partial charge in [0.15, 0.2) is 11.9 Å². The molecule has 0 radical (unpaired) electrons. The average Bonchev–Trinajstić information content (AvgIpc) is 2.49. The van der Waals surface area contributed by atoms with E-state index in [1.165, 1.54) is 0 Å². The van der Waals surface area contributed by atoms with Crippen molar-refractivity contribution in [1.29, 1.82) is 0 Å². The highest BCUT2D eigenvalue weighted by Crippen LogP contribution is 1.94. The number of hydrogen-bond donors (Lipinski definition) is 7. The lowest BCUT2D eigenvalue weighted by Crippen LogP contribution is -2.30. The smallest absolute Gasteiger partial charge is 0.373 e. The number of carboxylic acids is 1. The van der Waals surface area contributed by atoms with Crippen LogP contribution in [0.1, 0.15) is 25.7 Å². The summed E-state index contributed by atoms with van der Waals surface area (Å²) in [6.45, 7) is 1.82. The molecule has 0 aromatic rings. The van der Waals surface area contributed by atoms with Crippen LogP contribution in [0.4, 0.5) is 0 Å². The van der Waals surface area contributed by atoms with Crippen LogP contribution in [0.25, 0.3) is 0 Å². The monoisotopic (exact) mass is 348 g/mol. The topological polar surface area (TPSA) is 252 Å². The van der Waals surface area contributed by atoms with Crippen LogP contribution < -0.4 is 34.4 Å². The number of aliphatic imine (C=N–C) groups is 2. The fraction of sp³-hybridized carbons (Fsp3) is 0.667. The van der Waals surface area contributed by atoms with Crippen LogP contribution in [0.15, 0.2) is 9.98 Å². The van der Waals surface area contributed by atoms with Crippen LogP contribution in [0.3, 0.4) is 0 Å². The highest BCUT2D eigenvalue weighted by atomic mass is 16.4. The molecular weight excluding hydrogens is 320 g/mol. The van der Waals surface area contributed by atoms with E-state index in [2.05, 4.69) is 9.98 Å². The highest BCUT2D eigenvalue weighted by molar-refractivity contribution is 5.76. The molecule has 1 atom stereocenters. The molecule has 0 amide bonds. The van der Waals surface area contributed by atoms with E-state index in [4.69, 9.17) is 49.1 Å². The fourth-order valence-electron chi connectivity index (χ4n) is 1.11. The fourth-order valence-corrected chi connectivity index (χ4v) is 1.11. The first kappa shape index (κ1) is 26.2. The normalized spacial score (nSPS) is 9.75. The first-order valence-electron chi connectivity index (χ1n) is 7.01. The van der Waals surface area contributed by atoms with Gasteiger partial charge >= 0.3 is 12.1 Å². The van der Waals surface area contributed by atoms with Crippen LogP contribution in [-0.2, 0) is 14.4 Å². The Labute approximate surface area is 140 Å². The molecule has 0 unspecified atom stereocenters. The van der Waals surface area contributed by atoms with E-state index < -0.39 is 12.0 Å². The molecule has 0 aliphatic heterocycles. The van der Waals surface area contributed by atoms with Gasteiger partial charge in [0, 0.05) is 13.1 Å². The van der Waals surface area contributed by atoms with E-state index in [1.54, 1.807) is 0 Å². The zero-order valence-corrected chi connectivity index (χ0v) is 13.6. The maximum absolute atomic E-state index is 10.2. The SMILES string of the molecule is NC(N)=NCCC[C@H](N)C(=O)O.NCCCCN=C(N)N.O=C=O. The number of carboxylic acid groups (broad SMARTS) is 1. The van der Waals surface area contributed by atoms with Crippen molar-refractivity contribution in [2.75, 3.05) is 19.6 Å². The van der Waals surface area contributed by atoms with E-state index in [-0.39, 0.29) is 18.1 Å².